The summed E-state index contributed by atoms with van der Waals surface area (Å²) in [4.78, 5) is 11.2. The maximum Gasteiger partial charge on any atom is 0.251 e. The Morgan fingerprint density at radius 1 is 1.19 bits per heavy atom. The smallest absolute Gasteiger partial charge is 0.251 e. The topological polar surface area (TPSA) is 130 Å². The van der Waals surface area contributed by atoms with Gasteiger partial charge < -0.3 is 30.8 Å². The Labute approximate surface area is 93.3 Å². The fourth-order valence-corrected chi connectivity index (χ4v) is 1.03. The molecule has 0 aliphatic heterocycles. The van der Waals surface area contributed by atoms with Crippen LogP contribution in [-0.4, -0.2) is 69.0 Å². The Morgan fingerprint density at radius 3 is 2.19 bits per heavy atom. The summed E-state index contributed by atoms with van der Waals surface area (Å²) in [7, 11) is 0. The molecule has 0 unspecified atom stereocenters. The number of carbonyl (C=O) groups excluding carboxylic acids is 1. The molecule has 0 aromatic carbocycles. The van der Waals surface area contributed by atoms with Gasteiger partial charge in [-0.15, -0.1) is 0 Å². The third kappa shape index (κ3) is 4.42. The number of rotatable bonds is 7. The van der Waals surface area contributed by atoms with Gasteiger partial charge in [-0.2, -0.15) is 0 Å². The summed E-state index contributed by atoms with van der Waals surface area (Å²) in [6.07, 6.45) is -6.42. The fraction of sp³-hybridized carbons (Fsp3) is 0.889. The Hall–Kier alpha value is -0.730. The summed E-state index contributed by atoms with van der Waals surface area (Å²) in [5, 5.41) is 47.7. The van der Waals surface area contributed by atoms with Crippen LogP contribution in [0.15, 0.2) is 0 Å². The van der Waals surface area contributed by atoms with E-state index in [0.717, 1.165) is 0 Å². The first kappa shape index (κ1) is 15.3. The predicted octanol–water partition coefficient (Wildman–Crippen LogP) is -3.05. The zero-order valence-corrected chi connectivity index (χ0v) is 9.08. The van der Waals surface area contributed by atoms with Crippen LogP contribution in [0.1, 0.15) is 13.3 Å². The number of aliphatic hydroxyl groups excluding tert-OH is 5. The van der Waals surface area contributed by atoms with E-state index >= 15 is 0 Å². The van der Waals surface area contributed by atoms with Gasteiger partial charge in [-0.05, 0) is 6.42 Å². The molecule has 0 aliphatic rings. The van der Waals surface area contributed by atoms with Crippen LogP contribution >= 0.6 is 0 Å². The first-order valence-electron chi connectivity index (χ1n) is 5.06. The zero-order valence-electron chi connectivity index (χ0n) is 9.08. The summed E-state index contributed by atoms with van der Waals surface area (Å²) in [6, 6.07) is 0. The lowest BCUT2D eigenvalue weighted by atomic mass is 10.0. The fourth-order valence-electron chi connectivity index (χ4n) is 1.03. The van der Waals surface area contributed by atoms with Crippen LogP contribution in [-0.2, 0) is 4.79 Å². The van der Waals surface area contributed by atoms with Crippen molar-refractivity contribution in [2.45, 2.75) is 37.8 Å². The van der Waals surface area contributed by atoms with E-state index in [1.165, 1.54) is 0 Å². The van der Waals surface area contributed by atoms with E-state index in [4.69, 9.17) is 10.2 Å². The van der Waals surface area contributed by atoms with Crippen LogP contribution in [0.2, 0.25) is 0 Å². The molecule has 6 N–H and O–H groups in total. The van der Waals surface area contributed by atoms with Crippen molar-refractivity contribution in [3.8, 4) is 0 Å². The van der Waals surface area contributed by atoms with Crippen molar-refractivity contribution >= 4 is 5.91 Å². The van der Waals surface area contributed by atoms with Crippen molar-refractivity contribution in [2.24, 2.45) is 0 Å². The van der Waals surface area contributed by atoms with Crippen molar-refractivity contribution < 1.29 is 30.3 Å². The lowest BCUT2D eigenvalue weighted by molar-refractivity contribution is -0.148. The molecule has 0 aliphatic carbocycles. The van der Waals surface area contributed by atoms with Crippen molar-refractivity contribution in [3.05, 3.63) is 0 Å². The molecule has 7 heteroatoms. The molecule has 0 radical (unpaired) electrons. The minimum atomic E-state index is -1.85. The van der Waals surface area contributed by atoms with Gasteiger partial charge in [0, 0.05) is 6.54 Å². The average molecular weight is 237 g/mol. The predicted molar refractivity (Wildman–Crippen MR) is 54.4 cm³/mol. The molecule has 96 valence electrons. The van der Waals surface area contributed by atoms with Gasteiger partial charge in [0.25, 0.3) is 5.91 Å². The largest absolute Gasteiger partial charge is 0.394 e. The van der Waals surface area contributed by atoms with Crippen LogP contribution in [0, 0.1) is 0 Å². The number of hydrogen-bond acceptors (Lipinski definition) is 6. The van der Waals surface area contributed by atoms with Gasteiger partial charge in [-0.3, -0.25) is 4.79 Å². The Kier molecular flexibility index (Phi) is 7.18. The molecule has 0 aromatic rings. The Bertz CT molecular complexity index is 212. The molecular weight excluding hydrogens is 218 g/mol. The zero-order chi connectivity index (χ0) is 12.7. The second-order valence-corrected chi connectivity index (χ2v) is 3.47. The third-order valence-corrected chi connectivity index (χ3v) is 2.07. The molecule has 16 heavy (non-hydrogen) atoms. The molecule has 0 fully saturated rings. The summed E-state index contributed by atoms with van der Waals surface area (Å²) >= 11 is 0. The Balaban J connectivity index is 4.25. The molecule has 0 heterocycles. The van der Waals surface area contributed by atoms with E-state index in [9.17, 15) is 20.1 Å². The normalized spacial score (nSPS) is 18.6. The van der Waals surface area contributed by atoms with Gasteiger partial charge in [0.1, 0.15) is 18.3 Å². The number of amides is 1. The highest BCUT2D eigenvalue weighted by Gasteiger charge is 2.33. The SMILES string of the molecule is CCCNC(=O)[C@H](O)[C@H](O)[C@@H](O)[C@@H](O)CO. The Morgan fingerprint density at radius 2 is 1.75 bits per heavy atom. The number of nitrogens with one attached hydrogen (secondary N) is 1. The van der Waals surface area contributed by atoms with Crippen LogP contribution in [0.25, 0.3) is 0 Å². The van der Waals surface area contributed by atoms with Crippen molar-refractivity contribution in [2.75, 3.05) is 13.2 Å². The quantitative estimate of drug-likeness (QED) is 0.279. The first-order chi connectivity index (χ1) is 7.45. The summed E-state index contributed by atoms with van der Waals surface area (Å²) in [6.45, 7) is 1.37. The first-order valence-corrected chi connectivity index (χ1v) is 5.06. The van der Waals surface area contributed by atoms with Crippen LogP contribution < -0.4 is 5.32 Å². The molecule has 0 spiro atoms. The highest BCUT2D eigenvalue weighted by atomic mass is 16.4. The van der Waals surface area contributed by atoms with Gasteiger partial charge in [-0.1, -0.05) is 6.92 Å². The van der Waals surface area contributed by atoms with Gasteiger partial charge >= 0.3 is 0 Å². The summed E-state index contributed by atoms with van der Waals surface area (Å²) in [5.74, 6) is -0.835. The van der Waals surface area contributed by atoms with E-state index in [1.54, 1.807) is 0 Å². The van der Waals surface area contributed by atoms with Crippen molar-refractivity contribution in [1.29, 1.82) is 0 Å². The van der Waals surface area contributed by atoms with E-state index in [-0.39, 0.29) is 0 Å². The summed E-state index contributed by atoms with van der Waals surface area (Å²) in [5.41, 5.74) is 0. The monoisotopic (exact) mass is 237 g/mol. The molecule has 0 rings (SSSR count). The van der Waals surface area contributed by atoms with Crippen molar-refractivity contribution in [1.82, 2.24) is 5.32 Å². The van der Waals surface area contributed by atoms with E-state index < -0.39 is 36.9 Å². The van der Waals surface area contributed by atoms with E-state index in [0.29, 0.717) is 13.0 Å². The van der Waals surface area contributed by atoms with Crippen LogP contribution in [0.3, 0.4) is 0 Å². The second-order valence-electron chi connectivity index (χ2n) is 3.47. The molecule has 0 bridgehead atoms. The molecular formula is C9H19NO6. The van der Waals surface area contributed by atoms with Crippen molar-refractivity contribution in [3.63, 3.8) is 0 Å². The van der Waals surface area contributed by atoms with E-state index in [2.05, 4.69) is 5.32 Å². The van der Waals surface area contributed by atoms with Gasteiger partial charge in [-0.25, -0.2) is 0 Å². The highest BCUT2D eigenvalue weighted by molar-refractivity contribution is 5.81. The maximum absolute atomic E-state index is 11.2. The molecule has 1 amide bonds. The van der Waals surface area contributed by atoms with Gasteiger partial charge in [0.2, 0.25) is 0 Å². The third-order valence-electron chi connectivity index (χ3n) is 2.07. The lowest BCUT2D eigenvalue weighted by Crippen LogP contribution is -2.51. The molecule has 0 saturated heterocycles. The number of carbonyl (C=O) groups is 1. The minimum absolute atomic E-state index is 0.335. The van der Waals surface area contributed by atoms with Gasteiger partial charge in [0.05, 0.1) is 6.61 Å². The lowest BCUT2D eigenvalue weighted by Gasteiger charge is -2.24. The summed E-state index contributed by atoms with van der Waals surface area (Å²) < 4.78 is 0. The minimum Gasteiger partial charge on any atom is -0.394 e. The average Bonchev–Trinajstić information content (AvgIpc) is 2.31. The van der Waals surface area contributed by atoms with E-state index in [1.807, 2.05) is 6.92 Å². The highest BCUT2D eigenvalue weighted by Crippen LogP contribution is 2.05. The molecule has 0 saturated carbocycles. The van der Waals surface area contributed by atoms with Crippen LogP contribution in [0.4, 0.5) is 0 Å². The molecule has 0 aromatic heterocycles. The van der Waals surface area contributed by atoms with Crippen LogP contribution in [0.5, 0.6) is 0 Å². The molecule has 4 atom stereocenters. The number of hydrogen-bond donors (Lipinski definition) is 6. The maximum atomic E-state index is 11.2. The standard InChI is InChI=1S/C9H19NO6/c1-2-3-10-9(16)8(15)7(14)6(13)5(12)4-11/h5-8,11-15H,2-4H2,1H3,(H,10,16)/t5-,6-,7+,8+/m0/s1. The van der Waals surface area contributed by atoms with Gasteiger partial charge in [0.15, 0.2) is 6.10 Å². The number of aliphatic hydroxyl groups is 5. The second kappa shape index (κ2) is 7.53. The molecule has 7 nitrogen and oxygen atoms in total.